The van der Waals surface area contributed by atoms with Crippen LogP contribution in [0.4, 0.5) is 13.2 Å². The van der Waals surface area contributed by atoms with E-state index in [1.54, 1.807) is 0 Å². The van der Waals surface area contributed by atoms with Gasteiger partial charge in [-0.15, -0.1) is 0 Å². The average molecular weight is 334 g/mol. The molecule has 6 heteroatoms. The Labute approximate surface area is 95.2 Å². The summed E-state index contributed by atoms with van der Waals surface area (Å²) < 4.78 is 37.4. The maximum absolute atomic E-state index is 12.4. The van der Waals surface area contributed by atoms with Gasteiger partial charge >= 0.3 is 6.18 Å². The molecule has 0 unspecified atom stereocenters. The number of rotatable bonds is 1. The number of aliphatic hydroxyl groups is 1. The molecule has 0 heterocycles. The van der Waals surface area contributed by atoms with Crippen molar-refractivity contribution < 1.29 is 18.3 Å². The highest BCUT2D eigenvalue weighted by Gasteiger charge is 2.34. The highest BCUT2D eigenvalue weighted by molar-refractivity contribution is 9.11. The molecule has 14 heavy (non-hydrogen) atoms. The summed E-state index contributed by atoms with van der Waals surface area (Å²) in [6, 6.07) is 2.39. The first-order chi connectivity index (χ1) is 6.36. The molecule has 78 valence electrons. The van der Waals surface area contributed by atoms with Gasteiger partial charge in [-0.1, -0.05) is 15.9 Å². The largest absolute Gasteiger partial charge is 0.417 e. The van der Waals surface area contributed by atoms with Crippen LogP contribution in [0.25, 0.3) is 0 Å². The van der Waals surface area contributed by atoms with Gasteiger partial charge in [0.2, 0.25) is 0 Å². The maximum Gasteiger partial charge on any atom is 0.417 e. The van der Waals surface area contributed by atoms with Gasteiger partial charge in [-0.2, -0.15) is 13.2 Å². The lowest BCUT2D eigenvalue weighted by Gasteiger charge is -2.12. The van der Waals surface area contributed by atoms with Crippen molar-refractivity contribution in [2.45, 2.75) is 12.8 Å². The third-order valence-electron chi connectivity index (χ3n) is 1.59. The first-order valence-electron chi connectivity index (χ1n) is 3.52. The Morgan fingerprint density at radius 2 is 1.79 bits per heavy atom. The molecule has 0 aliphatic carbocycles. The monoisotopic (exact) mass is 332 g/mol. The molecule has 0 aromatic heterocycles. The van der Waals surface area contributed by atoms with Crippen molar-refractivity contribution in [3.63, 3.8) is 0 Å². The molecule has 0 aliphatic rings. The molecule has 0 radical (unpaired) electrons. The van der Waals surface area contributed by atoms with Gasteiger partial charge in [0.25, 0.3) is 0 Å². The van der Waals surface area contributed by atoms with Crippen molar-refractivity contribution in [2.75, 3.05) is 0 Å². The normalized spacial score (nSPS) is 11.9. The van der Waals surface area contributed by atoms with Crippen molar-refractivity contribution >= 4 is 31.9 Å². The molecule has 1 rings (SSSR count). The first-order valence-corrected chi connectivity index (χ1v) is 5.11. The van der Waals surface area contributed by atoms with Crippen molar-refractivity contribution in [3.8, 4) is 0 Å². The topological polar surface area (TPSA) is 20.2 Å². The second-order valence-corrected chi connectivity index (χ2v) is 4.29. The Morgan fingerprint density at radius 1 is 1.21 bits per heavy atom. The van der Waals surface area contributed by atoms with E-state index in [1.165, 1.54) is 6.07 Å². The van der Waals surface area contributed by atoms with E-state index < -0.39 is 18.3 Å². The van der Waals surface area contributed by atoms with E-state index in [-0.39, 0.29) is 14.5 Å². The third-order valence-corrected chi connectivity index (χ3v) is 2.98. The van der Waals surface area contributed by atoms with Crippen molar-refractivity contribution in [1.29, 1.82) is 0 Å². The number of halogens is 5. The van der Waals surface area contributed by atoms with Crippen LogP contribution in [0.1, 0.15) is 11.1 Å². The Balaban J connectivity index is 3.37. The summed E-state index contributed by atoms with van der Waals surface area (Å²) >= 11 is 5.76. The van der Waals surface area contributed by atoms with Crippen molar-refractivity contribution in [2.24, 2.45) is 0 Å². The minimum absolute atomic E-state index is 0.115. The van der Waals surface area contributed by atoms with Gasteiger partial charge in [0.1, 0.15) is 0 Å². The second kappa shape index (κ2) is 4.20. The Morgan fingerprint density at radius 3 is 2.21 bits per heavy atom. The second-order valence-electron chi connectivity index (χ2n) is 2.58. The zero-order valence-corrected chi connectivity index (χ0v) is 9.87. The Kier molecular flexibility index (Phi) is 3.60. The molecule has 0 saturated heterocycles. The summed E-state index contributed by atoms with van der Waals surface area (Å²) in [5, 5.41) is 8.81. The van der Waals surface area contributed by atoms with Crippen molar-refractivity contribution in [3.05, 3.63) is 32.2 Å². The van der Waals surface area contributed by atoms with Crippen LogP contribution in [0, 0.1) is 0 Å². The zero-order valence-electron chi connectivity index (χ0n) is 6.70. The van der Waals surface area contributed by atoms with E-state index in [1.807, 2.05) is 0 Å². The molecular weight excluding hydrogens is 329 g/mol. The molecule has 0 fully saturated rings. The van der Waals surface area contributed by atoms with Gasteiger partial charge in [0, 0.05) is 8.95 Å². The minimum Gasteiger partial charge on any atom is -0.392 e. The number of hydrogen-bond acceptors (Lipinski definition) is 1. The Bertz CT molecular complexity index is 349. The quantitative estimate of drug-likeness (QED) is 0.830. The number of benzene rings is 1. The van der Waals surface area contributed by atoms with Gasteiger partial charge in [-0.25, -0.2) is 0 Å². The SMILES string of the molecule is OCc1cc(Br)cc(C(F)(F)F)c1Br. The van der Waals surface area contributed by atoms with E-state index in [0.29, 0.717) is 0 Å². The number of aliphatic hydroxyl groups excluding tert-OH is 1. The van der Waals surface area contributed by atoms with Crippen molar-refractivity contribution in [1.82, 2.24) is 0 Å². The van der Waals surface area contributed by atoms with Crippen LogP contribution in [0.2, 0.25) is 0 Å². The van der Waals surface area contributed by atoms with Crippen LogP contribution in [0.5, 0.6) is 0 Å². The fourth-order valence-corrected chi connectivity index (χ4v) is 2.05. The number of alkyl halides is 3. The molecule has 1 aromatic rings. The van der Waals surface area contributed by atoms with Crippen LogP contribution in [-0.2, 0) is 12.8 Å². The highest BCUT2D eigenvalue weighted by atomic mass is 79.9. The fraction of sp³-hybridized carbons (Fsp3) is 0.250. The lowest BCUT2D eigenvalue weighted by molar-refractivity contribution is -0.138. The first kappa shape index (κ1) is 12.0. The van der Waals surface area contributed by atoms with Crippen LogP contribution >= 0.6 is 31.9 Å². The Hall–Kier alpha value is -0.0700. The van der Waals surface area contributed by atoms with Crippen LogP contribution in [0.15, 0.2) is 21.1 Å². The number of hydrogen-bond donors (Lipinski definition) is 1. The summed E-state index contributed by atoms with van der Waals surface area (Å²) in [4.78, 5) is 0. The van der Waals surface area contributed by atoms with Crippen LogP contribution < -0.4 is 0 Å². The molecular formula is C8H5Br2F3O. The summed E-state index contributed by atoms with van der Waals surface area (Å²) in [5.41, 5.74) is -0.595. The summed E-state index contributed by atoms with van der Waals surface area (Å²) in [6.07, 6.45) is -4.42. The van der Waals surface area contributed by atoms with E-state index in [4.69, 9.17) is 5.11 Å². The third kappa shape index (κ3) is 2.49. The zero-order chi connectivity index (χ0) is 10.9. The van der Waals surface area contributed by atoms with Gasteiger partial charge in [-0.3, -0.25) is 0 Å². The fourth-order valence-electron chi connectivity index (χ4n) is 0.967. The molecule has 0 bridgehead atoms. The maximum atomic E-state index is 12.4. The highest BCUT2D eigenvalue weighted by Crippen LogP contribution is 2.38. The predicted octanol–water partition coefficient (Wildman–Crippen LogP) is 3.72. The smallest absolute Gasteiger partial charge is 0.392 e. The summed E-state index contributed by atoms with van der Waals surface area (Å²) in [6.45, 7) is -0.441. The standard InChI is InChI=1S/C8H5Br2F3O/c9-5-1-4(3-14)7(10)6(2-5)8(11,12)13/h1-2,14H,3H2. The molecule has 0 saturated carbocycles. The van der Waals surface area contributed by atoms with E-state index in [2.05, 4.69) is 31.9 Å². The van der Waals surface area contributed by atoms with Gasteiger partial charge in [0.15, 0.2) is 0 Å². The molecule has 0 atom stereocenters. The van der Waals surface area contributed by atoms with Gasteiger partial charge in [-0.05, 0) is 33.6 Å². The average Bonchev–Trinajstić information content (AvgIpc) is 2.06. The summed E-state index contributed by atoms with van der Waals surface area (Å²) in [5.74, 6) is 0. The van der Waals surface area contributed by atoms with Gasteiger partial charge < -0.3 is 5.11 Å². The molecule has 0 spiro atoms. The molecule has 0 amide bonds. The summed E-state index contributed by atoms with van der Waals surface area (Å²) in [7, 11) is 0. The predicted molar refractivity (Wildman–Crippen MR) is 52.8 cm³/mol. The molecule has 1 N–H and O–H groups in total. The lowest BCUT2D eigenvalue weighted by Crippen LogP contribution is -2.07. The van der Waals surface area contributed by atoms with E-state index in [0.717, 1.165) is 6.07 Å². The minimum atomic E-state index is -4.42. The van der Waals surface area contributed by atoms with Crippen LogP contribution in [0.3, 0.4) is 0 Å². The lowest BCUT2D eigenvalue weighted by atomic mass is 10.1. The molecule has 0 aliphatic heterocycles. The van der Waals surface area contributed by atoms with Gasteiger partial charge in [0.05, 0.1) is 12.2 Å². The molecule has 1 aromatic carbocycles. The van der Waals surface area contributed by atoms with Crippen LogP contribution in [-0.4, -0.2) is 5.11 Å². The molecule has 1 nitrogen and oxygen atoms in total. The van der Waals surface area contributed by atoms with E-state index in [9.17, 15) is 13.2 Å². The van der Waals surface area contributed by atoms with E-state index >= 15 is 0 Å².